The lowest BCUT2D eigenvalue weighted by atomic mass is 9.95. The third-order valence-corrected chi connectivity index (χ3v) is 12.8. The van der Waals surface area contributed by atoms with Gasteiger partial charge in [0.1, 0.15) is 141 Å². The maximum atomic E-state index is 12.4. The number of carbonyl (C=O) groups excluding carboxylic acids is 1. The summed E-state index contributed by atoms with van der Waals surface area (Å²) in [6, 6.07) is 0. The van der Waals surface area contributed by atoms with E-state index in [4.69, 9.17) is 61.9 Å². The Morgan fingerprint density at radius 3 is 1.26 bits per heavy atom. The maximum absolute atomic E-state index is 12.4. The second-order valence-corrected chi connectivity index (χ2v) is 17.6. The molecule has 0 aromatic heterocycles. The molecule has 0 saturated carbocycles. The van der Waals surface area contributed by atoms with E-state index in [0.717, 1.165) is 6.92 Å². The molecule has 6 aliphatic rings. The molecule has 29 atom stereocenters. The van der Waals surface area contributed by atoms with Gasteiger partial charge in [-0.05, 0) is 0 Å². The Hall–Kier alpha value is -1.81. The monoisotopic (exact) mass is 1060 g/mol. The van der Waals surface area contributed by atoms with Gasteiger partial charge in [-0.2, -0.15) is 4.89 Å². The Morgan fingerprint density at radius 2 is 0.806 bits per heavy atom. The highest BCUT2D eigenvalue weighted by Crippen LogP contribution is 2.37. The topological polar surface area (TPSA) is 542 Å². The first-order valence-corrected chi connectivity index (χ1v) is 22.3. The summed E-state index contributed by atoms with van der Waals surface area (Å²) >= 11 is 0. The van der Waals surface area contributed by atoms with Gasteiger partial charge in [-0.1, -0.05) is 0 Å². The predicted octanol–water partition coefficient (Wildman–Crippen LogP) is -14.3. The summed E-state index contributed by atoms with van der Waals surface area (Å²) in [6.07, 6.45) is -57.0. The molecule has 34 heteroatoms. The fourth-order valence-corrected chi connectivity index (χ4v) is 8.68. The van der Waals surface area contributed by atoms with Gasteiger partial charge in [-0.3, -0.25) is 4.79 Å². The van der Waals surface area contributed by atoms with Crippen molar-refractivity contribution in [1.82, 2.24) is 0 Å². The van der Waals surface area contributed by atoms with E-state index in [1.165, 1.54) is 0 Å². The number of carbonyl (C=O) groups is 1. The molecular formula is C38H64O34. The van der Waals surface area contributed by atoms with Crippen LogP contribution in [0.15, 0.2) is 0 Å². The number of rotatable bonds is 18. The van der Waals surface area contributed by atoms with Crippen molar-refractivity contribution in [3.05, 3.63) is 0 Å². The molecule has 0 radical (unpaired) electrons. The largest absolute Gasteiger partial charge is 0.457 e. The minimum Gasteiger partial charge on any atom is -0.457 e. The average molecular weight is 1060 g/mol. The summed E-state index contributed by atoms with van der Waals surface area (Å²) in [4.78, 5) is 22.0. The SMILES string of the molecule is CC(=O)OC1C(O)C(O[C@@H]2C(CO)O[C@H](OC3C(CO)OC(O)C(O)C3O)C(O)[C@@H]2O)OC(CO)C1O[C@H]1OC(CO)[C@H](OC2OC(COOC3OC(CO)C(O)C(O)C3(O)O)C(O)C(O)C2O)[C@@H](O)C1O. The van der Waals surface area contributed by atoms with Gasteiger partial charge >= 0.3 is 5.97 Å². The highest BCUT2D eigenvalue weighted by Gasteiger charge is 2.59. The van der Waals surface area contributed by atoms with Crippen LogP contribution in [0.25, 0.3) is 0 Å². The van der Waals surface area contributed by atoms with Crippen molar-refractivity contribution in [3.63, 3.8) is 0 Å². The van der Waals surface area contributed by atoms with E-state index in [1.807, 2.05) is 0 Å². The number of esters is 1. The zero-order valence-electron chi connectivity index (χ0n) is 37.6. The number of aliphatic hydroxyl groups is 20. The molecule has 6 fully saturated rings. The fraction of sp³-hybridized carbons (Fsp3) is 0.974. The van der Waals surface area contributed by atoms with E-state index in [2.05, 4.69) is 0 Å². The van der Waals surface area contributed by atoms with Crippen molar-refractivity contribution >= 4 is 5.97 Å². The summed E-state index contributed by atoms with van der Waals surface area (Å²) in [6.45, 7) is -5.01. The van der Waals surface area contributed by atoms with E-state index in [9.17, 15) is 107 Å². The van der Waals surface area contributed by atoms with Gasteiger partial charge in [0.05, 0.1) is 33.0 Å². The van der Waals surface area contributed by atoms with Crippen LogP contribution in [0.2, 0.25) is 0 Å². The van der Waals surface area contributed by atoms with Gasteiger partial charge in [0, 0.05) is 6.92 Å². The van der Waals surface area contributed by atoms with Crippen LogP contribution < -0.4 is 0 Å². The molecule has 0 amide bonds. The molecule has 6 heterocycles. The molecule has 23 unspecified atom stereocenters. The van der Waals surface area contributed by atoms with Crippen LogP contribution in [0, 0.1) is 0 Å². The molecule has 0 aromatic rings. The molecule has 0 bridgehead atoms. The molecule has 6 aliphatic heterocycles. The minimum absolute atomic E-state index is 0.876. The van der Waals surface area contributed by atoms with E-state index in [-0.39, 0.29) is 0 Å². The quantitative estimate of drug-likeness (QED) is 0.0262. The van der Waals surface area contributed by atoms with E-state index >= 15 is 0 Å². The number of hydrogen-bond donors (Lipinski definition) is 20. The third-order valence-electron chi connectivity index (χ3n) is 12.8. The van der Waals surface area contributed by atoms with E-state index in [0.29, 0.717) is 0 Å². The number of hydrogen-bond acceptors (Lipinski definition) is 34. The van der Waals surface area contributed by atoms with Crippen LogP contribution in [0.1, 0.15) is 6.92 Å². The Morgan fingerprint density at radius 1 is 0.417 bits per heavy atom. The average Bonchev–Trinajstić information content (AvgIpc) is 3.35. The van der Waals surface area contributed by atoms with Gasteiger partial charge in [-0.15, -0.1) is 0 Å². The highest BCUT2D eigenvalue weighted by atomic mass is 17.2. The van der Waals surface area contributed by atoms with E-state index in [1.54, 1.807) is 0 Å². The molecular weight excluding hydrogens is 1000 g/mol. The van der Waals surface area contributed by atoms with Crippen LogP contribution in [0.4, 0.5) is 0 Å². The van der Waals surface area contributed by atoms with Crippen molar-refractivity contribution in [2.75, 3.05) is 39.6 Å². The molecule has 34 nitrogen and oxygen atoms in total. The number of ether oxygens (including phenoxy) is 11. The first-order chi connectivity index (χ1) is 33.9. The van der Waals surface area contributed by atoms with Crippen LogP contribution in [-0.4, -0.2) is 332 Å². The number of aliphatic hydroxyl groups excluding tert-OH is 18. The van der Waals surface area contributed by atoms with Crippen LogP contribution in [0.5, 0.6) is 0 Å². The van der Waals surface area contributed by atoms with E-state index < -0.39 is 230 Å². The first-order valence-electron chi connectivity index (χ1n) is 22.3. The molecule has 420 valence electrons. The van der Waals surface area contributed by atoms with Crippen molar-refractivity contribution in [3.8, 4) is 0 Å². The van der Waals surface area contributed by atoms with Crippen LogP contribution in [-0.2, 0) is 66.7 Å². The van der Waals surface area contributed by atoms with Crippen molar-refractivity contribution in [2.45, 2.75) is 191 Å². The van der Waals surface area contributed by atoms with Crippen molar-refractivity contribution in [1.29, 1.82) is 0 Å². The Balaban J connectivity index is 1.10. The lowest BCUT2D eigenvalue weighted by Crippen LogP contribution is -2.68. The van der Waals surface area contributed by atoms with Crippen molar-refractivity contribution in [2.24, 2.45) is 0 Å². The summed E-state index contributed by atoms with van der Waals surface area (Å²) in [5.41, 5.74) is 0. The maximum Gasteiger partial charge on any atom is 0.303 e. The molecule has 6 saturated heterocycles. The zero-order valence-corrected chi connectivity index (χ0v) is 37.6. The van der Waals surface area contributed by atoms with Gasteiger partial charge in [0.15, 0.2) is 37.6 Å². The zero-order chi connectivity index (χ0) is 53.3. The smallest absolute Gasteiger partial charge is 0.303 e. The second-order valence-electron chi connectivity index (χ2n) is 17.6. The lowest BCUT2D eigenvalue weighted by molar-refractivity contribution is -0.486. The van der Waals surface area contributed by atoms with Crippen molar-refractivity contribution < 1.29 is 169 Å². The Kier molecular flexibility index (Phi) is 20.7. The summed E-state index contributed by atoms with van der Waals surface area (Å²) in [5.74, 6) is -4.41. The highest BCUT2D eigenvalue weighted by molar-refractivity contribution is 5.66. The molecule has 6 rings (SSSR count). The molecule has 20 N–H and O–H groups in total. The first kappa shape index (κ1) is 59.4. The molecule has 72 heavy (non-hydrogen) atoms. The summed E-state index contributed by atoms with van der Waals surface area (Å²) in [5, 5.41) is 209. The lowest BCUT2D eigenvalue weighted by Gasteiger charge is -2.50. The minimum atomic E-state index is -3.32. The molecule has 0 spiro atoms. The third kappa shape index (κ3) is 12.3. The van der Waals surface area contributed by atoms with Gasteiger partial charge in [0.2, 0.25) is 12.1 Å². The van der Waals surface area contributed by atoms with Gasteiger partial charge < -0.3 is 154 Å². The Labute approximate surface area is 405 Å². The predicted molar refractivity (Wildman–Crippen MR) is 211 cm³/mol. The molecule has 0 aliphatic carbocycles. The summed E-state index contributed by atoms with van der Waals surface area (Å²) in [7, 11) is 0. The standard InChI is InChI=1S/C38H64O34/c1-8(44)61-30-25(55)36(70-28-12(5-42)63-34(23(53)19(28)49)68-26-10(3-40)62-32(57)21(51)18(26)48)65-13(6-43)29(30)71-35-24(54)20(50)27(11(4-41)64-35)69-33-22(52)17(47)15(45)14(66-33)7-60-72-37-38(58,59)31(56)16(46)9(2-39)67-37/h9-37,39-43,45-59H,2-7H2,1H3/t9?,10?,11?,12?,13?,14?,15?,16?,17?,18?,19-,20-,21?,22?,23?,24?,25?,26?,27-,28+,29?,30?,31?,32?,33?,34+,35+,36?,37?/m0/s1. The second kappa shape index (κ2) is 25.1. The van der Waals surface area contributed by atoms with Crippen LogP contribution in [0.3, 0.4) is 0 Å². The van der Waals surface area contributed by atoms with Gasteiger partial charge in [-0.25, -0.2) is 4.89 Å². The summed E-state index contributed by atoms with van der Waals surface area (Å²) < 4.78 is 60.4. The fourth-order valence-electron chi connectivity index (χ4n) is 8.68. The molecule has 0 aromatic carbocycles. The van der Waals surface area contributed by atoms with Crippen LogP contribution >= 0.6 is 0 Å². The Bertz CT molecular complexity index is 1680. The normalized spacial score (nSPS) is 50.1. The van der Waals surface area contributed by atoms with Gasteiger partial charge in [0.25, 0.3) is 0 Å².